The Hall–Kier alpha value is -0.170. The van der Waals surface area contributed by atoms with E-state index < -0.39 is 15.3 Å². The molecule has 17 heavy (non-hydrogen) atoms. The van der Waals surface area contributed by atoms with Crippen LogP contribution in [0.25, 0.3) is 0 Å². The number of likely N-dealkylation sites (N-methyl/N-ethyl adjacent to an activating group) is 1. The van der Waals surface area contributed by atoms with Crippen molar-refractivity contribution in [1.82, 2.24) is 9.62 Å². The van der Waals surface area contributed by atoms with Gasteiger partial charge in [0.2, 0.25) is 10.0 Å². The van der Waals surface area contributed by atoms with E-state index in [1.165, 1.54) is 17.1 Å². The molecule has 102 valence electrons. The van der Waals surface area contributed by atoms with Crippen molar-refractivity contribution in [1.29, 1.82) is 0 Å². The van der Waals surface area contributed by atoms with Crippen molar-refractivity contribution < 1.29 is 13.2 Å². The van der Waals surface area contributed by atoms with Gasteiger partial charge in [-0.1, -0.05) is 0 Å². The van der Waals surface area contributed by atoms with E-state index in [0.29, 0.717) is 19.2 Å². The lowest BCUT2D eigenvalue weighted by atomic mass is 10.4. The highest BCUT2D eigenvalue weighted by Gasteiger charge is 2.30. The highest BCUT2D eigenvalue weighted by atomic mass is 32.2. The number of hydrogen-bond acceptors (Lipinski definition) is 4. The van der Waals surface area contributed by atoms with Crippen LogP contribution in [0.2, 0.25) is 0 Å². The molecule has 6 heteroatoms. The van der Waals surface area contributed by atoms with E-state index in [1.807, 2.05) is 6.92 Å². The number of rotatable bonds is 8. The van der Waals surface area contributed by atoms with E-state index >= 15 is 0 Å². The molecule has 0 aromatic heterocycles. The third kappa shape index (κ3) is 4.21. The minimum absolute atomic E-state index is 0.131. The van der Waals surface area contributed by atoms with E-state index in [-0.39, 0.29) is 6.04 Å². The van der Waals surface area contributed by atoms with Crippen molar-refractivity contribution in [3.05, 3.63) is 0 Å². The van der Waals surface area contributed by atoms with Crippen molar-refractivity contribution in [2.24, 2.45) is 0 Å². The van der Waals surface area contributed by atoms with Gasteiger partial charge in [-0.3, -0.25) is 0 Å². The Labute approximate surface area is 105 Å². The van der Waals surface area contributed by atoms with Gasteiger partial charge in [0.05, 0.1) is 11.9 Å². The van der Waals surface area contributed by atoms with E-state index in [1.54, 1.807) is 21.1 Å². The molecule has 0 radical (unpaired) electrons. The van der Waals surface area contributed by atoms with Gasteiger partial charge < -0.3 is 10.1 Å². The van der Waals surface area contributed by atoms with Crippen LogP contribution in [0, 0.1) is 0 Å². The smallest absolute Gasteiger partial charge is 0.218 e. The standard InChI is InChI=1S/C11H24N2O3S/c1-9(8-16-4)13(3)17(14,15)10(2)7-12-11-5-6-11/h9-12H,5-8H2,1-4H3. The van der Waals surface area contributed by atoms with Gasteiger partial charge in [0, 0.05) is 32.8 Å². The SMILES string of the molecule is COCC(C)N(C)S(=O)(=O)C(C)CNC1CC1. The molecule has 1 N–H and O–H groups in total. The Morgan fingerprint density at radius 2 is 2.00 bits per heavy atom. The van der Waals surface area contributed by atoms with Crippen molar-refractivity contribution in [3.63, 3.8) is 0 Å². The number of ether oxygens (including phenoxy) is 1. The molecule has 0 heterocycles. The Balaban J connectivity index is 2.51. The quantitative estimate of drug-likeness (QED) is 0.690. The summed E-state index contributed by atoms with van der Waals surface area (Å²) >= 11 is 0. The van der Waals surface area contributed by atoms with Gasteiger partial charge in [0.1, 0.15) is 0 Å². The van der Waals surface area contributed by atoms with Gasteiger partial charge >= 0.3 is 0 Å². The zero-order valence-electron chi connectivity index (χ0n) is 11.1. The second-order valence-electron chi connectivity index (χ2n) is 4.86. The lowest BCUT2D eigenvalue weighted by molar-refractivity contribution is 0.149. The summed E-state index contributed by atoms with van der Waals surface area (Å²) in [6.45, 7) is 4.54. The predicted molar refractivity (Wildman–Crippen MR) is 68.5 cm³/mol. The van der Waals surface area contributed by atoms with Crippen LogP contribution in [0.3, 0.4) is 0 Å². The van der Waals surface area contributed by atoms with Gasteiger partial charge in [-0.2, -0.15) is 4.31 Å². The fourth-order valence-corrected chi connectivity index (χ4v) is 3.04. The fourth-order valence-electron chi connectivity index (χ4n) is 1.61. The van der Waals surface area contributed by atoms with Crippen LogP contribution in [-0.4, -0.2) is 57.4 Å². The first kappa shape index (κ1) is 14.9. The zero-order valence-corrected chi connectivity index (χ0v) is 12.0. The van der Waals surface area contributed by atoms with Crippen molar-refractivity contribution >= 4 is 10.0 Å². The van der Waals surface area contributed by atoms with Crippen LogP contribution in [0.4, 0.5) is 0 Å². The van der Waals surface area contributed by atoms with Gasteiger partial charge in [0.25, 0.3) is 0 Å². The third-order valence-corrected chi connectivity index (χ3v) is 5.56. The largest absolute Gasteiger partial charge is 0.383 e. The first-order valence-electron chi connectivity index (χ1n) is 6.08. The van der Waals surface area contributed by atoms with E-state index in [9.17, 15) is 8.42 Å². The van der Waals surface area contributed by atoms with Crippen molar-refractivity contribution in [2.45, 2.75) is 44.0 Å². The molecule has 0 amide bonds. The van der Waals surface area contributed by atoms with Gasteiger partial charge in [-0.15, -0.1) is 0 Å². The molecular weight excluding hydrogens is 240 g/mol. The van der Waals surface area contributed by atoms with Crippen LogP contribution in [0.1, 0.15) is 26.7 Å². The molecule has 1 rings (SSSR count). The molecule has 1 fully saturated rings. The third-order valence-electron chi connectivity index (χ3n) is 3.21. The monoisotopic (exact) mass is 264 g/mol. The average molecular weight is 264 g/mol. The summed E-state index contributed by atoms with van der Waals surface area (Å²) in [4.78, 5) is 0. The van der Waals surface area contributed by atoms with E-state index in [0.717, 1.165) is 0 Å². The minimum Gasteiger partial charge on any atom is -0.383 e. The average Bonchev–Trinajstić information content (AvgIpc) is 3.08. The second kappa shape index (κ2) is 6.13. The second-order valence-corrected chi connectivity index (χ2v) is 7.27. The maximum absolute atomic E-state index is 12.2. The molecule has 5 nitrogen and oxygen atoms in total. The fraction of sp³-hybridized carbons (Fsp3) is 1.00. The number of sulfonamides is 1. The lowest BCUT2D eigenvalue weighted by Gasteiger charge is -2.27. The molecular formula is C11H24N2O3S. The summed E-state index contributed by atoms with van der Waals surface area (Å²) in [5.74, 6) is 0. The molecule has 1 aliphatic carbocycles. The predicted octanol–water partition coefficient (Wildman–Crippen LogP) is 0.423. The highest BCUT2D eigenvalue weighted by molar-refractivity contribution is 7.89. The van der Waals surface area contributed by atoms with Crippen LogP contribution in [0.15, 0.2) is 0 Å². The Kier molecular flexibility index (Phi) is 5.37. The maximum Gasteiger partial charge on any atom is 0.218 e. The number of nitrogens with one attached hydrogen (secondary N) is 1. The zero-order chi connectivity index (χ0) is 13.1. The summed E-state index contributed by atoms with van der Waals surface area (Å²) in [7, 11) is -0.0414. The summed E-state index contributed by atoms with van der Waals surface area (Å²) < 4.78 is 30.8. The summed E-state index contributed by atoms with van der Waals surface area (Å²) in [5.41, 5.74) is 0. The van der Waals surface area contributed by atoms with E-state index in [4.69, 9.17) is 4.74 Å². The number of hydrogen-bond donors (Lipinski definition) is 1. The van der Waals surface area contributed by atoms with Gasteiger partial charge in [0.15, 0.2) is 0 Å². The van der Waals surface area contributed by atoms with Crippen molar-refractivity contribution in [2.75, 3.05) is 27.3 Å². The van der Waals surface area contributed by atoms with Crippen LogP contribution < -0.4 is 5.32 Å². The molecule has 0 saturated heterocycles. The summed E-state index contributed by atoms with van der Waals surface area (Å²) in [6, 6.07) is 0.405. The Morgan fingerprint density at radius 3 is 2.47 bits per heavy atom. The Bertz CT molecular complexity index is 328. The minimum atomic E-state index is -3.24. The molecule has 0 bridgehead atoms. The number of nitrogens with zero attached hydrogens (tertiary/aromatic N) is 1. The van der Waals surface area contributed by atoms with Crippen LogP contribution >= 0.6 is 0 Å². The topological polar surface area (TPSA) is 58.6 Å². The molecule has 0 aliphatic heterocycles. The van der Waals surface area contributed by atoms with E-state index in [2.05, 4.69) is 5.32 Å². The van der Waals surface area contributed by atoms with Crippen LogP contribution in [0.5, 0.6) is 0 Å². The number of methoxy groups -OCH3 is 1. The Morgan fingerprint density at radius 1 is 1.41 bits per heavy atom. The molecule has 1 saturated carbocycles. The first-order chi connectivity index (χ1) is 7.89. The molecule has 2 unspecified atom stereocenters. The molecule has 1 aliphatic rings. The first-order valence-corrected chi connectivity index (χ1v) is 7.59. The molecule has 0 spiro atoms. The van der Waals surface area contributed by atoms with Gasteiger partial charge in [-0.25, -0.2) is 8.42 Å². The van der Waals surface area contributed by atoms with Crippen LogP contribution in [-0.2, 0) is 14.8 Å². The lowest BCUT2D eigenvalue weighted by Crippen LogP contribution is -2.45. The maximum atomic E-state index is 12.2. The molecule has 0 aromatic rings. The highest BCUT2D eigenvalue weighted by Crippen LogP contribution is 2.19. The molecule has 2 atom stereocenters. The van der Waals surface area contributed by atoms with Gasteiger partial charge in [-0.05, 0) is 26.7 Å². The summed E-state index contributed by atoms with van der Waals surface area (Å²) in [5, 5.41) is 2.86. The molecule has 0 aromatic carbocycles. The van der Waals surface area contributed by atoms with Crippen molar-refractivity contribution in [3.8, 4) is 0 Å². The normalized spacial score (nSPS) is 20.5. The summed E-state index contributed by atoms with van der Waals surface area (Å²) in [6.07, 6.45) is 2.34.